The van der Waals surface area contributed by atoms with Gasteiger partial charge in [0.2, 0.25) is 0 Å². The Balaban J connectivity index is 1.85. The quantitative estimate of drug-likeness (QED) is 0.504. The van der Waals surface area contributed by atoms with E-state index in [2.05, 4.69) is 4.99 Å². The Morgan fingerprint density at radius 3 is 2.66 bits per heavy atom. The first-order valence-electron chi connectivity index (χ1n) is 10.7. The molecule has 10 heteroatoms. The first kappa shape index (κ1) is 24.1. The zero-order valence-corrected chi connectivity index (χ0v) is 19.7. The van der Waals surface area contributed by atoms with Crippen molar-refractivity contribution in [2.75, 3.05) is 13.2 Å². The van der Waals surface area contributed by atoms with Crippen LogP contribution in [-0.2, 0) is 14.3 Å². The van der Waals surface area contributed by atoms with E-state index >= 15 is 0 Å². The van der Waals surface area contributed by atoms with Gasteiger partial charge in [-0.3, -0.25) is 9.36 Å². The van der Waals surface area contributed by atoms with Crippen LogP contribution in [0.1, 0.15) is 31.0 Å². The number of halogens is 1. The fourth-order valence-electron chi connectivity index (χ4n) is 3.74. The lowest BCUT2D eigenvalue weighted by molar-refractivity contribution is -0.140. The molecule has 0 bridgehead atoms. The predicted octanol–water partition coefficient (Wildman–Crippen LogP) is 2.40. The van der Waals surface area contributed by atoms with E-state index < -0.39 is 30.4 Å². The third kappa shape index (κ3) is 5.07. The summed E-state index contributed by atoms with van der Waals surface area (Å²) in [7, 11) is 0. The van der Waals surface area contributed by atoms with Gasteiger partial charge in [-0.15, -0.1) is 0 Å². The van der Waals surface area contributed by atoms with E-state index in [9.17, 15) is 18.8 Å². The number of hydrogen-bond donors (Lipinski definition) is 1. The number of thiazole rings is 1. The van der Waals surface area contributed by atoms with Gasteiger partial charge in [-0.25, -0.2) is 19.0 Å². The zero-order valence-electron chi connectivity index (χ0n) is 18.9. The van der Waals surface area contributed by atoms with E-state index in [4.69, 9.17) is 14.6 Å². The third-order valence-corrected chi connectivity index (χ3v) is 6.20. The van der Waals surface area contributed by atoms with Crippen LogP contribution < -0.4 is 19.6 Å². The standard InChI is InChI=1S/C25H21FN2O6S/c1-3-33-24(32)21-14(2)27-25-28(22(21)16-7-9-17(26)10-8-16)23(31)19(35-25)12-15-5-4-6-18(11-15)34-13-20(29)30/h4-12,22H,3,13H2,1-2H3,(H,29,30)/b19-12+. The summed E-state index contributed by atoms with van der Waals surface area (Å²) >= 11 is 1.15. The number of nitrogens with zero attached hydrogens (tertiary/aromatic N) is 2. The lowest BCUT2D eigenvalue weighted by atomic mass is 9.96. The molecule has 0 spiro atoms. The van der Waals surface area contributed by atoms with Crippen molar-refractivity contribution in [2.24, 2.45) is 4.99 Å². The molecule has 180 valence electrons. The smallest absolute Gasteiger partial charge is 0.341 e. The Morgan fingerprint density at radius 1 is 1.23 bits per heavy atom. The number of allylic oxidation sites excluding steroid dienone is 1. The lowest BCUT2D eigenvalue weighted by Gasteiger charge is -2.24. The number of esters is 1. The summed E-state index contributed by atoms with van der Waals surface area (Å²) in [6.07, 6.45) is 1.64. The molecule has 35 heavy (non-hydrogen) atoms. The van der Waals surface area contributed by atoms with Crippen LogP contribution >= 0.6 is 11.3 Å². The maximum absolute atomic E-state index is 13.6. The van der Waals surface area contributed by atoms with Crippen LogP contribution in [0.2, 0.25) is 0 Å². The number of fused-ring (bicyclic) bond motifs is 1. The summed E-state index contributed by atoms with van der Waals surface area (Å²) in [6, 6.07) is 11.4. The summed E-state index contributed by atoms with van der Waals surface area (Å²) < 4.78 is 25.8. The van der Waals surface area contributed by atoms with Crippen molar-refractivity contribution in [1.82, 2.24) is 4.57 Å². The molecule has 1 aliphatic rings. The van der Waals surface area contributed by atoms with E-state index in [1.165, 1.54) is 28.8 Å². The molecule has 0 amide bonds. The number of carboxylic acids is 1. The van der Waals surface area contributed by atoms with Crippen LogP contribution in [0.4, 0.5) is 4.39 Å². The van der Waals surface area contributed by atoms with E-state index in [1.54, 1.807) is 44.2 Å². The second-order valence-corrected chi connectivity index (χ2v) is 8.62. The molecule has 8 nitrogen and oxygen atoms in total. The van der Waals surface area contributed by atoms with Gasteiger partial charge in [-0.1, -0.05) is 35.6 Å². The molecular weight excluding hydrogens is 475 g/mol. The minimum absolute atomic E-state index is 0.149. The van der Waals surface area contributed by atoms with Crippen molar-refractivity contribution >= 4 is 29.4 Å². The van der Waals surface area contributed by atoms with Crippen molar-refractivity contribution in [3.05, 3.63) is 96.4 Å². The van der Waals surface area contributed by atoms with Gasteiger partial charge < -0.3 is 14.6 Å². The molecular formula is C25H21FN2O6S. The Morgan fingerprint density at radius 2 is 1.97 bits per heavy atom. The van der Waals surface area contributed by atoms with Gasteiger partial charge in [0.25, 0.3) is 5.56 Å². The molecule has 2 heterocycles. The first-order chi connectivity index (χ1) is 16.8. The second kappa shape index (κ2) is 10.1. The molecule has 3 aromatic rings. The number of carbonyl (C=O) groups excluding carboxylic acids is 1. The average molecular weight is 497 g/mol. The molecule has 0 aliphatic carbocycles. The minimum Gasteiger partial charge on any atom is -0.482 e. The third-order valence-electron chi connectivity index (χ3n) is 5.22. The summed E-state index contributed by atoms with van der Waals surface area (Å²) in [5.74, 6) is -1.79. The van der Waals surface area contributed by atoms with Gasteiger partial charge in [0.05, 0.1) is 28.5 Å². The van der Waals surface area contributed by atoms with Gasteiger partial charge >= 0.3 is 11.9 Å². The number of benzene rings is 2. The number of hydrogen-bond acceptors (Lipinski definition) is 7. The van der Waals surface area contributed by atoms with Gasteiger partial charge in [-0.2, -0.15) is 0 Å². The highest BCUT2D eigenvalue weighted by molar-refractivity contribution is 7.07. The maximum Gasteiger partial charge on any atom is 0.341 e. The minimum atomic E-state index is -1.10. The maximum atomic E-state index is 13.6. The molecule has 2 aromatic carbocycles. The SMILES string of the molecule is CCOC(=O)C1=C(C)N=c2s/c(=C/c3cccc(OCC(=O)O)c3)c(=O)n2C1c1ccc(F)cc1. The van der Waals surface area contributed by atoms with Crippen molar-refractivity contribution in [3.63, 3.8) is 0 Å². The topological polar surface area (TPSA) is 107 Å². The lowest BCUT2D eigenvalue weighted by Crippen LogP contribution is -2.39. The van der Waals surface area contributed by atoms with E-state index in [0.29, 0.717) is 31.9 Å². The monoisotopic (exact) mass is 496 g/mol. The van der Waals surface area contributed by atoms with Gasteiger partial charge in [-0.05, 0) is 55.3 Å². The molecule has 1 unspecified atom stereocenters. The fourth-order valence-corrected chi connectivity index (χ4v) is 4.79. The van der Waals surface area contributed by atoms with Gasteiger partial charge in [0.1, 0.15) is 11.6 Å². The highest BCUT2D eigenvalue weighted by Gasteiger charge is 2.33. The molecule has 0 fully saturated rings. The first-order valence-corrected chi connectivity index (χ1v) is 11.5. The number of carboxylic acid groups (broad SMARTS) is 1. The average Bonchev–Trinajstić information content (AvgIpc) is 3.12. The Labute approximate surface area is 202 Å². The molecule has 0 saturated heterocycles. The summed E-state index contributed by atoms with van der Waals surface area (Å²) in [4.78, 5) is 42.0. The van der Waals surface area contributed by atoms with Crippen LogP contribution in [0.3, 0.4) is 0 Å². The van der Waals surface area contributed by atoms with Gasteiger partial charge in [0.15, 0.2) is 11.4 Å². The Bertz CT molecular complexity index is 1500. The van der Waals surface area contributed by atoms with Crippen LogP contribution in [-0.4, -0.2) is 34.8 Å². The van der Waals surface area contributed by atoms with E-state index in [-0.39, 0.29) is 17.7 Å². The van der Waals surface area contributed by atoms with Crippen LogP contribution in [0, 0.1) is 5.82 Å². The van der Waals surface area contributed by atoms with Crippen molar-refractivity contribution in [1.29, 1.82) is 0 Å². The van der Waals surface area contributed by atoms with E-state index in [1.807, 2.05) is 0 Å². The normalized spacial score (nSPS) is 15.4. The number of aromatic nitrogens is 1. The highest BCUT2D eigenvalue weighted by Crippen LogP contribution is 2.30. The number of ether oxygens (including phenoxy) is 2. The van der Waals surface area contributed by atoms with Crippen LogP contribution in [0.25, 0.3) is 6.08 Å². The highest BCUT2D eigenvalue weighted by atomic mass is 32.1. The zero-order chi connectivity index (χ0) is 25.1. The van der Waals surface area contributed by atoms with Crippen molar-refractivity contribution in [2.45, 2.75) is 19.9 Å². The summed E-state index contributed by atoms with van der Waals surface area (Å²) in [5, 5.41) is 8.82. The number of aliphatic carboxylic acids is 1. The summed E-state index contributed by atoms with van der Waals surface area (Å²) in [6.45, 7) is 3.02. The van der Waals surface area contributed by atoms with Crippen molar-refractivity contribution in [3.8, 4) is 5.75 Å². The second-order valence-electron chi connectivity index (χ2n) is 7.61. The summed E-state index contributed by atoms with van der Waals surface area (Å²) in [5.41, 5.74) is 1.41. The van der Waals surface area contributed by atoms with Gasteiger partial charge in [0, 0.05) is 0 Å². The number of rotatable bonds is 7. The Kier molecular flexibility index (Phi) is 6.92. The molecule has 0 radical (unpaired) electrons. The van der Waals surface area contributed by atoms with E-state index in [0.717, 1.165) is 11.3 Å². The van der Waals surface area contributed by atoms with Crippen molar-refractivity contribution < 1.29 is 28.6 Å². The molecule has 1 atom stereocenters. The molecule has 0 saturated carbocycles. The molecule has 1 N–H and O–H groups in total. The molecule has 1 aromatic heterocycles. The number of carbonyl (C=O) groups is 2. The molecule has 1 aliphatic heterocycles. The largest absolute Gasteiger partial charge is 0.482 e. The van der Waals surface area contributed by atoms with Crippen LogP contribution in [0.5, 0.6) is 5.75 Å². The predicted molar refractivity (Wildman–Crippen MR) is 126 cm³/mol. The molecule has 4 rings (SSSR count). The fraction of sp³-hybridized carbons (Fsp3) is 0.200. The van der Waals surface area contributed by atoms with Crippen LogP contribution in [0.15, 0.2) is 69.6 Å². The Hall–Kier alpha value is -4.05.